The van der Waals surface area contributed by atoms with Crippen LogP contribution in [0.3, 0.4) is 0 Å². The number of nitrogens with one attached hydrogen (secondary N) is 1. The highest BCUT2D eigenvalue weighted by molar-refractivity contribution is 5.70. The topological polar surface area (TPSA) is 82.1 Å². The zero-order valence-corrected chi connectivity index (χ0v) is 16.8. The first-order chi connectivity index (χ1) is 14.0. The number of hydrogen-bond donors (Lipinski definition) is 2. The van der Waals surface area contributed by atoms with Crippen LogP contribution in [0.4, 0.5) is 10.5 Å². The van der Waals surface area contributed by atoms with Gasteiger partial charge in [-0.2, -0.15) is 0 Å². The Morgan fingerprint density at radius 2 is 1.97 bits per heavy atom. The molecule has 0 bridgehead atoms. The molecule has 1 fully saturated rings. The van der Waals surface area contributed by atoms with Crippen LogP contribution in [0, 0.1) is 0 Å². The third kappa shape index (κ3) is 4.35. The van der Waals surface area contributed by atoms with Gasteiger partial charge in [-0.25, -0.2) is 4.79 Å². The molecule has 2 aromatic rings. The number of piperazine rings is 1. The molecule has 0 radical (unpaired) electrons. The fourth-order valence-corrected chi connectivity index (χ4v) is 3.84. The maximum absolute atomic E-state index is 11.7. The summed E-state index contributed by atoms with van der Waals surface area (Å²) < 4.78 is 5.58. The number of hydrogen-bond acceptors (Lipinski definition) is 5. The standard InChI is InChI=1S/C22H27N3O4/c1-3-29-20-6-4-5-18(15-20)17-7-9-19(10-8-17)24-12-13-25(21(27)28)22(16-24,23-2)11-14-26/h4-10,14-15,23H,3,11-13,16H2,1-2H3,(H,27,28). The highest BCUT2D eigenvalue weighted by Gasteiger charge is 2.43. The molecule has 7 heteroatoms. The normalized spacial score (nSPS) is 19.1. The average molecular weight is 397 g/mol. The summed E-state index contributed by atoms with van der Waals surface area (Å²) in [5.41, 5.74) is 2.21. The molecule has 2 aromatic carbocycles. The average Bonchev–Trinajstić information content (AvgIpc) is 2.74. The van der Waals surface area contributed by atoms with E-state index in [2.05, 4.69) is 10.2 Å². The van der Waals surface area contributed by atoms with Crippen molar-refractivity contribution in [1.82, 2.24) is 10.2 Å². The molecule has 0 aromatic heterocycles. The van der Waals surface area contributed by atoms with E-state index in [-0.39, 0.29) is 6.42 Å². The van der Waals surface area contributed by atoms with Gasteiger partial charge in [-0.15, -0.1) is 0 Å². The monoisotopic (exact) mass is 397 g/mol. The number of nitrogens with zero attached hydrogens (tertiary/aromatic N) is 2. The Morgan fingerprint density at radius 1 is 1.21 bits per heavy atom. The Hall–Kier alpha value is -3.06. The van der Waals surface area contributed by atoms with Crippen LogP contribution in [-0.2, 0) is 4.79 Å². The third-order valence-electron chi connectivity index (χ3n) is 5.39. The SMILES string of the molecule is CCOc1cccc(-c2ccc(N3CCN(C(=O)O)C(CC=O)(NC)C3)cc2)c1. The van der Waals surface area contributed by atoms with Gasteiger partial charge >= 0.3 is 6.09 Å². The molecule has 1 heterocycles. The van der Waals surface area contributed by atoms with Crippen LogP contribution in [0.2, 0.25) is 0 Å². The van der Waals surface area contributed by atoms with Gasteiger partial charge in [0.05, 0.1) is 13.2 Å². The Balaban J connectivity index is 1.82. The van der Waals surface area contributed by atoms with Gasteiger partial charge in [-0.3, -0.25) is 10.2 Å². The van der Waals surface area contributed by atoms with E-state index in [1.54, 1.807) is 7.05 Å². The maximum atomic E-state index is 11.7. The predicted molar refractivity (Wildman–Crippen MR) is 112 cm³/mol. The van der Waals surface area contributed by atoms with Crippen LogP contribution in [0.5, 0.6) is 5.75 Å². The Kier molecular flexibility index (Phi) is 6.39. The second kappa shape index (κ2) is 8.96. The van der Waals surface area contributed by atoms with E-state index in [0.717, 1.165) is 28.8 Å². The Morgan fingerprint density at radius 3 is 2.59 bits per heavy atom. The van der Waals surface area contributed by atoms with Crippen LogP contribution in [0.25, 0.3) is 11.1 Å². The number of amides is 1. The van der Waals surface area contributed by atoms with Crippen molar-refractivity contribution >= 4 is 18.1 Å². The maximum Gasteiger partial charge on any atom is 0.408 e. The van der Waals surface area contributed by atoms with Crippen molar-refractivity contribution in [1.29, 1.82) is 0 Å². The largest absolute Gasteiger partial charge is 0.494 e. The van der Waals surface area contributed by atoms with Gasteiger partial charge in [0.1, 0.15) is 17.7 Å². The molecule has 1 aliphatic heterocycles. The summed E-state index contributed by atoms with van der Waals surface area (Å²) in [7, 11) is 1.69. The smallest absolute Gasteiger partial charge is 0.408 e. The lowest BCUT2D eigenvalue weighted by Gasteiger charge is -2.49. The van der Waals surface area contributed by atoms with Crippen LogP contribution in [-0.4, -0.2) is 61.3 Å². The van der Waals surface area contributed by atoms with Crippen LogP contribution < -0.4 is 15.0 Å². The summed E-state index contributed by atoms with van der Waals surface area (Å²) in [5.74, 6) is 0.839. The molecule has 1 unspecified atom stereocenters. The highest BCUT2D eigenvalue weighted by atomic mass is 16.5. The number of ether oxygens (including phenoxy) is 1. The number of anilines is 1. The van der Waals surface area contributed by atoms with Crippen LogP contribution in [0.15, 0.2) is 48.5 Å². The van der Waals surface area contributed by atoms with E-state index in [4.69, 9.17) is 4.74 Å². The molecule has 1 saturated heterocycles. The second-order valence-electron chi connectivity index (χ2n) is 7.02. The van der Waals surface area contributed by atoms with Gasteiger partial charge in [0, 0.05) is 25.2 Å². The molecule has 0 saturated carbocycles. The van der Waals surface area contributed by atoms with E-state index in [0.29, 0.717) is 26.2 Å². The molecule has 1 amide bonds. The number of carbonyl (C=O) groups is 2. The zero-order valence-electron chi connectivity index (χ0n) is 16.8. The van der Waals surface area contributed by atoms with Crippen molar-refractivity contribution in [3.8, 4) is 16.9 Å². The zero-order chi connectivity index (χ0) is 20.9. The summed E-state index contributed by atoms with van der Waals surface area (Å²) in [6.07, 6.45) is -0.163. The highest BCUT2D eigenvalue weighted by Crippen LogP contribution is 2.29. The van der Waals surface area contributed by atoms with Crippen molar-refractivity contribution < 1.29 is 19.4 Å². The van der Waals surface area contributed by atoms with E-state index >= 15 is 0 Å². The summed E-state index contributed by atoms with van der Waals surface area (Å²) >= 11 is 0. The number of likely N-dealkylation sites (N-methyl/N-ethyl adjacent to an activating group) is 1. The summed E-state index contributed by atoms with van der Waals surface area (Å²) in [5, 5.41) is 12.6. The van der Waals surface area contributed by atoms with Gasteiger partial charge in [-0.05, 0) is 49.4 Å². The summed E-state index contributed by atoms with van der Waals surface area (Å²) in [6, 6.07) is 16.1. The minimum atomic E-state index is -1.02. The summed E-state index contributed by atoms with van der Waals surface area (Å²) in [6.45, 7) is 3.86. The van der Waals surface area contributed by atoms with Gasteiger partial charge in [0.2, 0.25) is 0 Å². The summed E-state index contributed by atoms with van der Waals surface area (Å²) in [4.78, 5) is 26.3. The van der Waals surface area contributed by atoms with E-state index < -0.39 is 11.8 Å². The molecule has 3 rings (SSSR count). The molecule has 29 heavy (non-hydrogen) atoms. The fourth-order valence-electron chi connectivity index (χ4n) is 3.84. The number of rotatable bonds is 7. The number of aldehydes is 1. The predicted octanol–water partition coefficient (Wildman–Crippen LogP) is 3.06. The van der Waals surface area contributed by atoms with Crippen molar-refractivity contribution in [2.75, 3.05) is 38.2 Å². The first-order valence-corrected chi connectivity index (χ1v) is 9.74. The number of carbonyl (C=O) groups excluding carboxylic acids is 1. The van der Waals surface area contributed by atoms with Gasteiger partial charge in [0.15, 0.2) is 0 Å². The number of benzene rings is 2. The van der Waals surface area contributed by atoms with E-state index in [1.807, 2.05) is 55.5 Å². The van der Waals surface area contributed by atoms with E-state index in [9.17, 15) is 14.7 Å². The van der Waals surface area contributed by atoms with Crippen molar-refractivity contribution in [3.63, 3.8) is 0 Å². The minimum Gasteiger partial charge on any atom is -0.494 e. The van der Waals surface area contributed by atoms with Gasteiger partial charge in [-0.1, -0.05) is 24.3 Å². The third-order valence-corrected chi connectivity index (χ3v) is 5.39. The quantitative estimate of drug-likeness (QED) is 0.699. The molecular weight excluding hydrogens is 370 g/mol. The number of carboxylic acid groups (broad SMARTS) is 1. The minimum absolute atomic E-state index is 0.0919. The lowest BCUT2D eigenvalue weighted by atomic mass is 9.99. The molecule has 154 valence electrons. The molecule has 0 spiro atoms. The van der Waals surface area contributed by atoms with Crippen LogP contribution in [0.1, 0.15) is 13.3 Å². The molecule has 1 aliphatic rings. The van der Waals surface area contributed by atoms with Crippen molar-refractivity contribution in [3.05, 3.63) is 48.5 Å². The van der Waals surface area contributed by atoms with Crippen molar-refractivity contribution in [2.45, 2.75) is 19.0 Å². The molecule has 2 N–H and O–H groups in total. The Labute approximate surface area is 170 Å². The van der Waals surface area contributed by atoms with Gasteiger partial charge < -0.3 is 19.5 Å². The van der Waals surface area contributed by atoms with Gasteiger partial charge in [0.25, 0.3) is 0 Å². The van der Waals surface area contributed by atoms with E-state index in [1.165, 1.54) is 4.90 Å². The van der Waals surface area contributed by atoms with Crippen LogP contribution >= 0.6 is 0 Å². The first-order valence-electron chi connectivity index (χ1n) is 9.74. The molecular formula is C22H27N3O4. The first kappa shape index (κ1) is 20.7. The lowest BCUT2D eigenvalue weighted by Crippen LogP contribution is -2.69. The molecule has 0 aliphatic carbocycles. The molecule has 7 nitrogen and oxygen atoms in total. The fraction of sp³-hybridized carbons (Fsp3) is 0.364. The lowest BCUT2D eigenvalue weighted by molar-refractivity contribution is -0.110. The Bertz CT molecular complexity index is 855. The molecule has 1 atom stereocenters. The second-order valence-corrected chi connectivity index (χ2v) is 7.02. The van der Waals surface area contributed by atoms with Crippen molar-refractivity contribution in [2.24, 2.45) is 0 Å².